The summed E-state index contributed by atoms with van der Waals surface area (Å²) in [6.07, 6.45) is 2.99. The average molecular weight is 619 g/mol. The molecule has 0 aliphatic rings. The van der Waals surface area contributed by atoms with E-state index in [1.54, 1.807) is 31.2 Å². The van der Waals surface area contributed by atoms with E-state index in [1.165, 1.54) is 4.90 Å². The molecule has 2 amide bonds. The van der Waals surface area contributed by atoms with Gasteiger partial charge in [-0.1, -0.05) is 85.1 Å². The van der Waals surface area contributed by atoms with Crippen LogP contribution in [-0.2, 0) is 32.6 Å². The molecule has 0 aliphatic carbocycles. The van der Waals surface area contributed by atoms with Gasteiger partial charge in [-0.05, 0) is 60.7 Å². The Balaban J connectivity index is 2.09. The van der Waals surface area contributed by atoms with Gasteiger partial charge in [0.2, 0.25) is 21.8 Å². The molecule has 0 bridgehead atoms. The number of carbonyl (C=O) groups is 2. The van der Waals surface area contributed by atoms with Crippen molar-refractivity contribution < 1.29 is 18.0 Å². The van der Waals surface area contributed by atoms with Crippen LogP contribution >= 0.6 is 23.2 Å². The predicted molar refractivity (Wildman–Crippen MR) is 167 cm³/mol. The first-order valence-corrected chi connectivity index (χ1v) is 16.1. The summed E-state index contributed by atoms with van der Waals surface area (Å²) in [7, 11) is -3.85. The molecular weight excluding hydrogens is 581 g/mol. The molecule has 0 spiro atoms. The number of benzene rings is 3. The first-order valence-electron chi connectivity index (χ1n) is 13.5. The Labute approximate surface area is 253 Å². The van der Waals surface area contributed by atoms with E-state index in [9.17, 15) is 18.0 Å². The summed E-state index contributed by atoms with van der Waals surface area (Å²) < 4.78 is 27.1. The molecule has 3 aromatic rings. The normalized spacial score (nSPS) is 12.0. The summed E-state index contributed by atoms with van der Waals surface area (Å²) in [5, 5.41) is 3.74. The Morgan fingerprint density at radius 2 is 1.68 bits per heavy atom. The minimum atomic E-state index is -3.85. The molecule has 0 fully saturated rings. The number of amides is 2. The quantitative estimate of drug-likeness (QED) is 0.241. The number of rotatable bonds is 13. The molecule has 0 radical (unpaired) electrons. The number of sulfonamides is 1. The molecule has 7 nitrogen and oxygen atoms in total. The van der Waals surface area contributed by atoms with E-state index < -0.39 is 28.5 Å². The minimum absolute atomic E-state index is 0.0159. The van der Waals surface area contributed by atoms with E-state index >= 15 is 0 Å². The Hall–Kier alpha value is -3.07. The van der Waals surface area contributed by atoms with E-state index in [4.69, 9.17) is 23.2 Å². The molecule has 0 saturated heterocycles. The van der Waals surface area contributed by atoms with E-state index in [2.05, 4.69) is 5.32 Å². The zero-order valence-electron chi connectivity index (χ0n) is 23.9. The van der Waals surface area contributed by atoms with Crippen LogP contribution in [0.15, 0.2) is 66.7 Å². The summed E-state index contributed by atoms with van der Waals surface area (Å²) in [6.45, 7) is 5.64. The van der Waals surface area contributed by atoms with Crippen LogP contribution < -0.4 is 9.62 Å². The van der Waals surface area contributed by atoms with E-state index in [0.29, 0.717) is 33.4 Å². The SMILES string of the molecule is CCCCNC(=O)[C@H](Cc1ccccc1)N(Cc1ccc(Cl)cc1Cl)C(=O)CN(c1cc(C)ccc1C)S(C)(=O)=O. The van der Waals surface area contributed by atoms with E-state index in [1.807, 2.05) is 56.3 Å². The maximum Gasteiger partial charge on any atom is 0.244 e. The Morgan fingerprint density at radius 1 is 0.976 bits per heavy atom. The second kappa shape index (κ2) is 14.7. The van der Waals surface area contributed by atoms with Gasteiger partial charge in [0, 0.05) is 29.6 Å². The molecule has 10 heteroatoms. The highest BCUT2D eigenvalue weighted by Gasteiger charge is 2.33. The number of anilines is 1. The molecule has 0 aromatic heterocycles. The Morgan fingerprint density at radius 3 is 2.32 bits per heavy atom. The lowest BCUT2D eigenvalue weighted by Crippen LogP contribution is -2.53. The third-order valence-electron chi connectivity index (χ3n) is 6.77. The maximum atomic E-state index is 14.2. The second-order valence-corrected chi connectivity index (χ2v) is 12.9. The lowest BCUT2D eigenvalue weighted by atomic mass is 10.0. The first kappa shape index (κ1) is 32.4. The molecule has 0 heterocycles. The van der Waals surface area contributed by atoms with E-state index in [0.717, 1.165) is 34.5 Å². The molecule has 220 valence electrons. The van der Waals surface area contributed by atoms with Gasteiger partial charge >= 0.3 is 0 Å². The van der Waals surface area contributed by atoms with Gasteiger partial charge in [-0.15, -0.1) is 0 Å². The average Bonchev–Trinajstić information content (AvgIpc) is 2.91. The predicted octanol–water partition coefficient (Wildman–Crippen LogP) is 5.93. The summed E-state index contributed by atoms with van der Waals surface area (Å²) >= 11 is 12.6. The van der Waals surface area contributed by atoms with Crippen LogP contribution in [0.1, 0.15) is 42.0 Å². The summed E-state index contributed by atoms with van der Waals surface area (Å²) in [5.74, 6) is -0.854. The van der Waals surface area contributed by atoms with Crippen molar-refractivity contribution in [3.05, 3.63) is 99.0 Å². The molecular formula is C31H37Cl2N3O4S. The fraction of sp³-hybridized carbons (Fsp3) is 0.355. The number of halogens is 2. The summed E-state index contributed by atoms with van der Waals surface area (Å²) in [4.78, 5) is 29.3. The highest BCUT2D eigenvalue weighted by atomic mass is 35.5. The van der Waals surface area contributed by atoms with Gasteiger partial charge in [0.05, 0.1) is 11.9 Å². The van der Waals surface area contributed by atoms with Crippen LogP contribution in [0.3, 0.4) is 0 Å². The number of aryl methyl sites for hydroxylation is 2. The van der Waals surface area contributed by atoms with Gasteiger partial charge in [-0.3, -0.25) is 13.9 Å². The zero-order chi connectivity index (χ0) is 30.2. The maximum absolute atomic E-state index is 14.2. The van der Waals surface area contributed by atoms with Gasteiger partial charge in [0.15, 0.2) is 0 Å². The highest BCUT2D eigenvalue weighted by molar-refractivity contribution is 7.92. The van der Waals surface area contributed by atoms with Crippen molar-refractivity contribution in [1.29, 1.82) is 0 Å². The molecule has 1 N–H and O–H groups in total. The van der Waals surface area contributed by atoms with Crippen LogP contribution in [0.2, 0.25) is 10.0 Å². The molecule has 3 aromatic carbocycles. The van der Waals surface area contributed by atoms with Crippen molar-refractivity contribution >= 4 is 50.7 Å². The van der Waals surface area contributed by atoms with Crippen LogP contribution in [0, 0.1) is 13.8 Å². The lowest BCUT2D eigenvalue weighted by Gasteiger charge is -2.34. The second-order valence-electron chi connectivity index (χ2n) is 10.2. The van der Waals surface area contributed by atoms with Gasteiger partial charge in [0.1, 0.15) is 12.6 Å². The third-order valence-corrected chi connectivity index (χ3v) is 8.48. The van der Waals surface area contributed by atoms with Crippen molar-refractivity contribution in [3.63, 3.8) is 0 Å². The van der Waals surface area contributed by atoms with Crippen LogP contribution in [-0.4, -0.2) is 50.5 Å². The van der Waals surface area contributed by atoms with Crippen LogP contribution in [0.5, 0.6) is 0 Å². The fourth-order valence-electron chi connectivity index (χ4n) is 4.48. The minimum Gasteiger partial charge on any atom is -0.354 e. The number of carbonyl (C=O) groups excluding carboxylic acids is 2. The molecule has 41 heavy (non-hydrogen) atoms. The molecule has 0 unspecified atom stereocenters. The lowest BCUT2D eigenvalue weighted by molar-refractivity contribution is -0.140. The van der Waals surface area contributed by atoms with Crippen molar-refractivity contribution in [2.75, 3.05) is 23.7 Å². The number of hydrogen-bond acceptors (Lipinski definition) is 4. The van der Waals surface area contributed by atoms with Crippen LogP contribution in [0.4, 0.5) is 5.69 Å². The zero-order valence-corrected chi connectivity index (χ0v) is 26.2. The van der Waals surface area contributed by atoms with Gasteiger partial charge < -0.3 is 10.2 Å². The molecule has 1 atom stereocenters. The largest absolute Gasteiger partial charge is 0.354 e. The summed E-state index contributed by atoms with van der Waals surface area (Å²) in [5.41, 5.74) is 3.42. The van der Waals surface area contributed by atoms with Crippen LogP contribution in [0.25, 0.3) is 0 Å². The smallest absolute Gasteiger partial charge is 0.244 e. The van der Waals surface area contributed by atoms with Gasteiger partial charge in [-0.25, -0.2) is 8.42 Å². The number of nitrogens with zero attached hydrogens (tertiary/aromatic N) is 2. The number of nitrogens with one attached hydrogen (secondary N) is 1. The van der Waals surface area contributed by atoms with Crippen molar-refractivity contribution in [2.45, 2.75) is 52.6 Å². The molecule has 0 aliphatic heterocycles. The van der Waals surface area contributed by atoms with Crippen molar-refractivity contribution in [1.82, 2.24) is 10.2 Å². The van der Waals surface area contributed by atoms with Crippen molar-refractivity contribution in [3.8, 4) is 0 Å². The molecule has 0 saturated carbocycles. The first-order chi connectivity index (χ1) is 19.4. The standard InChI is InChI=1S/C31H37Cl2N3O4S/c1-5-6-16-34-31(38)29(18-24-10-8-7-9-11-24)35(20-25-14-15-26(32)19-27(25)33)30(37)21-36(41(4,39)40)28-17-22(2)12-13-23(28)3/h7-15,17,19,29H,5-6,16,18,20-21H2,1-4H3,(H,34,38)/t29-/m0/s1. The number of hydrogen-bond donors (Lipinski definition) is 1. The fourth-order valence-corrected chi connectivity index (χ4v) is 5.84. The summed E-state index contributed by atoms with van der Waals surface area (Å²) in [6, 6.07) is 18.9. The Bertz CT molecular complexity index is 1470. The monoisotopic (exact) mass is 617 g/mol. The highest BCUT2D eigenvalue weighted by Crippen LogP contribution is 2.27. The van der Waals surface area contributed by atoms with Gasteiger partial charge in [-0.2, -0.15) is 0 Å². The molecule has 3 rings (SSSR count). The topological polar surface area (TPSA) is 86.8 Å². The van der Waals surface area contributed by atoms with Crippen molar-refractivity contribution in [2.24, 2.45) is 0 Å². The van der Waals surface area contributed by atoms with E-state index in [-0.39, 0.29) is 18.9 Å². The number of unbranched alkanes of at least 4 members (excludes halogenated alkanes) is 1. The Kier molecular flexibility index (Phi) is 11.6. The van der Waals surface area contributed by atoms with Gasteiger partial charge in [0.25, 0.3) is 0 Å². The third kappa shape index (κ3) is 9.21.